The third-order valence-corrected chi connectivity index (χ3v) is 2.12. The second kappa shape index (κ2) is 6.27. The van der Waals surface area contributed by atoms with Gasteiger partial charge in [-0.15, -0.1) is 0 Å². The van der Waals surface area contributed by atoms with E-state index in [0.717, 1.165) is 6.42 Å². The Hall–Kier alpha value is -1.26. The molecular weight excluding hydrogens is 196 g/mol. The molecule has 0 saturated carbocycles. The highest BCUT2D eigenvalue weighted by atomic mass is 16.4. The van der Waals surface area contributed by atoms with Gasteiger partial charge >= 0.3 is 12.0 Å². The largest absolute Gasteiger partial charge is 0.480 e. The Balaban J connectivity index is 4.29. The van der Waals surface area contributed by atoms with Crippen molar-refractivity contribution in [3.8, 4) is 0 Å². The van der Waals surface area contributed by atoms with Gasteiger partial charge in [0.1, 0.15) is 6.04 Å². The number of urea groups is 1. The molecule has 0 saturated heterocycles. The van der Waals surface area contributed by atoms with Crippen molar-refractivity contribution in [1.82, 2.24) is 10.2 Å². The molecule has 5 heteroatoms. The molecule has 0 aromatic carbocycles. The Bertz CT molecular complexity index is 229. The third-order valence-electron chi connectivity index (χ3n) is 2.12. The van der Waals surface area contributed by atoms with E-state index in [2.05, 4.69) is 5.32 Å². The van der Waals surface area contributed by atoms with Crippen LogP contribution in [-0.2, 0) is 4.79 Å². The number of aliphatic carboxylic acids is 1. The minimum absolute atomic E-state index is 0.124. The van der Waals surface area contributed by atoms with Crippen LogP contribution >= 0.6 is 0 Å². The van der Waals surface area contributed by atoms with Crippen LogP contribution in [0.5, 0.6) is 0 Å². The van der Waals surface area contributed by atoms with Gasteiger partial charge in [0.25, 0.3) is 0 Å². The van der Waals surface area contributed by atoms with E-state index < -0.39 is 12.0 Å². The summed E-state index contributed by atoms with van der Waals surface area (Å²) in [5.41, 5.74) is 0. The standard InChI is InChI=1S/C10H20N2O3/c1-5-6-12(4)10(15)11-8(7(2)3)9(13)14/h7-8H,5-6H2,1-4H3,(H,11,15)(H,13,14)/t8-/m0/s1. The van der Waals surface area contributed by atoms with Crippen LogP contribution in [0.3, 0.4) is 0 Å². The van der Waals surface area contributed by atoms with E-state index in [0.29, 0.717) is 6.54 Å². The number of hydrogen-bond acceptors (Lipinski definition) is 2. The van der Waals surface area contributed by atoms with Gasteiger partial charge in [0, 0.05) is 13.6 Å². The average Bonchev–Trinajstić information content (AvgIpc) is 2.12. The molecule has 0 aromatic rings. The lowest BCUT2D eigenvalue weighted by Gasteiger charge is -2.22. The molecule has 0 rings (SSSR count). The van der Waals surface area contributed by atoms with Gasteiger partial charge in [0.05, 0.1) is 0 Å². The van der Waals surface area contributed by atoms with Crippen molar-refractivity contribution < 1.29 is 14.7 Å². The Morgan fingerprint density at radius 2 is 1.93 bits per heavy atom. The maximum absolute atomic E-state index is 11.5. The van der Waals surface area contributed by atoms with Gasteiger partial charge in [-0.3, -0.25) is 0 Å². The van der Waals surface area contributed by atoms with Crippen molar-refractivity contribution in [1.29, 1.82) is 0 Å². The van der Waals surface area contributed by atoms with Gasteiger partial charge in [-0.05, 0) is 12.3 Å². The first kappa shape index (κ1) is 13.7. The molecule has 0 aromatic heterocycles. The molecule has 5 nitrogen and oxygen atoms in total. The van der Waals surface area contributed by atoms with Gasteiger partial charge in [-0.2, -0.15) is 0 Å². The maximum Gasteiger partial charge on any atom is 0.326 e. The van der Waals surface area contributed by atoms with Gasteiger partial charge < -0.3 is 15.3 Å². The van der Waals surface area contributed by atoms with Crippen molar-refractivity contribution in [3.63, 3.8) is 0 Å². The number of amides is 2. The second-order valence-electron chi connectivity index (χ2n) is 3.93. The molecule has 2 N–H and O–H groups in total. The molecule has 88 valence electrons. The zero-order valence-electron chi connectivity index (χ0n) is 9.78. The van der Waals surface area contributed by atoms with Crippen LogP contribution in [0.4, 0.5) is 4.79 Å². The molecule has 15 heavy (non-hydrogen) atoms. The van der Waals surface area contributed by atoms with Crippen molar-refractivity contribution in [2.24, 2.45) is 5.92 Å². The third kappa shape index (κ3) is 4.67. The summed E-state index contributed by atoms with van der Waals surface area (Å²) in [6.07, 6.45) is 0.851. The summed E-state index contributed by atoms with van der Waals surface area (Å²) in [4.78, 5) is 23.8. The zero-order valence-corrected chi connectivity index (χ0v) is 9.78. The van der Waals surface area contributed by atoms with Crippen molar-refractivity contribution in [3.05, 3.63) is 0 Å². The number of rotatable bonds is 5. The Morgan fingerprint density at radius 1 is 1.40 bits per heavy atom. The number of carbonyl (C=O) groups excluding carboxylic acids is 1. The summed E-state index contributed by atoms with van der Waals surface area (Å²) < 4.78 is 0. The first-order valence-corrected chi connectivity index (χ1v) is 5.14. The monoisotopic (exact) mass is 216 g/mol. The molecule has 0 bridgehead atoms. The number of hydrogen-bond donors (Lipinski definition) is 2. The fourth-order valence-corrected chi connectivity index (χ4v) is 1.19. The van der Waals surface area contributed by atoms with E-state index in [1.165, 1.54) is 4.90 Å². The van der Waals surface area contributed by atoms with Gasteiger partial charge in [-0.1, -0.05) is 20.8 Å². The van der Waals surface area contributed by atoms with E-state index in [1.807, 2.05) is 6.92 Å². The Morgan fingerprint density at radius 3 is 2.27 bits per heavy atom. The van der Waals surface area contributed by atoms with Crippen molar-refractivity contribution >= 4 is 12.0 Å². The van der Waals surface area contributed by atoms with Crippen LogP contribution in [0.1, 0.15) is 27.2 Å². The molecule has 1 atom stereocenters. The highest BCUT2D eigenvalue weighted by Gasteiger charge is 2.24. The number of carboxylic acid groups (broad SMARTS) is 1. The van der Waals surface area contributed by atoms with Crippen LogP contribution in [0.25, 0.3) is 0 Å². The molecule has 0 fully saturated rings. The molecule has 0 aliphatic heterocycles. The second-order valence-corrected chi connectivity index (χ2v) is 3.93. The Kier molecular flexibility index (Phi) is 5.74. The first-order chi connectivity index (χ1) is 6.90. The lowest BCUT2D eigenvalue weighted by molar-refractivity contribution is -0.140. The van der Waals surface area contributed by atoms with E-state index in [9.17, 15) is 9.59 Å². The van der Waals surface area contributed by atoms with Crippen LogP contribution in [0.15, 0.2) is 0 Å². The summed E-state index contributed by atoms with van der Waals surface area (Å²) in [6, 6.07) is -1.16. The predicted molar refractivity (Wildman–Crippen MR) is 57.7 cm³/mol. The van der Waals surface area contributed by atoms with Crippen LogP contribution < -0.4 is 5.32 Å². The molecule has 0 aliphatic rings. The van der Waals surface area contributed by atoms with E-state index in [-0.39, 0.29) is 11.9 Å². The lowest BCUT2D eigenvalue weighted by Crippen LogP contribution is -2.49. The predicted octanol–water partition coefficient (Wildman–Crippen LogP) is 1.15. The molecule has 0 heterocycles. The highest BCUT2D eigenvalue weighted by Crippen LogP contribution is 2.02. The number of nitrogens with zero attached hydrogens (tertiary/aromatic N) is 1. The minimum Gasteiger partial charge on any atom is -0.480 e. The zero-order chi connectivity index (χ0) is 12.0. The normalized spacial score (nSPS) is 12.3. The molecule has 0 unspecified atom stereocenters. The smallest absolute Gasteiger partial charge is 0.326 e. The molecule has 0 spiro atoms. The summed E-state index contributed by atoms with van der Waals surface area (Å²) in [7, 11) is 1.65. The average molecular weight is 216 g/mol. The van der Waals surface area contributed by atoms with Crippen molar-refractivity contribution in [2.45, 2.75) is 33.2 Å². The van der Waals surface area contributed by atoms with Crippen LogP contribution in [0.2, 0.25) is 0 Å². The number of carbonyl (C=O) groups is 2. The first-order valence-electron chi connectivity index (χ1n) is 5.14. The molecular formula is C10H20N2O3. The van der Waals surface area contributed by atoms with Crippen LogP contribution in [-0.4, -0.2) is 41.6 Å². The maximum atomic E-state index is 11.5. The highest BCUT2D eigenvalue weighted by molar-refractivity contribution is 5.82. The van der Waals surface area contributed by atoms with E-state index in [1.54, 1.807) is 20.9 Å². The summed E-state index contributed by atoms with van der Waals surface area (Å²) in [5.74, 6) is -1.12. The lowest BCUT2D eigenvalue weighted by atomic mass is 10.1. The van der Waals surface area contributed by atoms with Gasteiger partial charge in [-0.25, -0.2) is 9.59 Å². The van der Waals surface area contributed by atoms with E-state index in [4.69, 9.17) is 5.11 Å². The van der Waals surface area contributed by atoms with Gasteiger partial charge in [0.15, 0.2) is 0 Å². The fourth-order valence-electron chi connectivity index (χ4n) is 1.19. The topological polar surface area (TPSA) is 69.6 Å². The molecule has 0 radical (unpaired) electrons. The minimum atomic E-state index is -0.997. The van der Waals surface area contributed by atoms with Gasteiger partial charge in [0.2, 0.25) is 0 Å². The number of carboxylic acids is 1. The van der Waals surface area contributed by atoms with E-state index >= 15 is 0 Å². The molecule has 2 amide bonds. The van der Waals surface area contributed by atoms with Crippen molar-refractivity contribution in [2.75, 3.05) is 13.6 Å². The van der Waals surface area contributed by atoms with Crippen LogP contribution in [0, 0.1) is 5.92 Å². The molecule has 0 aliphatic carbocycles. The fraction of sp³-hybridized carbons (Fsp3) is 0.800. The SMILES string of the molecule is CCCN(C)C(=O)N[C@H](C(=O)O)C(C)C. The summed E-state index contributed by atoms with van der Waals surface area (Å²) >= 11 is 0. The summed E-state index contributed by atoms with van der Waals surface area (Å²) in [6.45, 7) is 6.11. The number of nitrogens with one attached hydrogen (secondary N) is 1. The quantitative estimate of drug-likeness (QED) is 0.724. The summed E-state index contributed by atoms with van der Waals surface area (Å²) in [5, 5.41) is 11.4. The Labute approximate surface area is 90.5 Å².